The average molecular weight is 347 g/mol. The van der Waals surface area contributed by atoms with E-state index in [1.807, 2.05) is 24.3 Å². The zero-order chi connectivity index (χ0) is 17.1. The Hall–Kier alpha value is -2.21. The van der Waals surface area contributed by atoms with E-state index < -0.39 is 12.2 Å². The van der Waals surface area contributed by atoms with Crippen LogP contribution in [0.3, 0.4) is 0 Å². The molecule has 126 valence electrons. The first kappa shape index (κ1) is 16.6. The largest absolute Gasteiger partial charge is 0.441 e. The molecule has 1 aromatic heterocycles. The van der Waals surface area contributed by atoms with Crippen LogP contribution in [0, 0.1) is 11.3 Å². The highest BCUT2D eigenvalue weighted by Crippen LogP contribution is 2.32. The van der Waals surface area contributed by atoms with Gasteiger partial charge in [-0.05, 0) is 24.6 Å². The molecule has 0 aliphatic carbocycles. The van der Waals surface area contributed by atoms with Gasteiger partial charge in [0.1, 0.15) is 17.2 Å². The van der Waals surface area contributed by atoms with Gasteiger partial charge < -0.3 is 14.6 Å². The summed E-state index contributed by atoms with van der Waals surface area (Å²) in [7, 11) is 1.57. The van der Waals surface area contributed by atoms with Crippen molar-refractivity contribution < 1.29 is 19.4 Å². The number of methoxy groups -OCH3 is 1. The van der Waals surface area contributed by atoms with Gasteiger partial charge in [0.2, 0.25) is 0 Å². The number of nitriles is 1. The van der Waals surface area contributed by atoms with E-state index >= 15 is 0 Å². The third kappa shape index (κ3) is 3.33. The van der Waals surface area contributed by atoms with Crippen LogP contribution in [0.2, 0.25) is 0 Å². The Kier molecular flexibility index (Phi) is 4.94. The molecule has 8 heteroatoms. The number of anilines is 1. The number of nitrogens with zero attached hydrogens (tertiary/aromatic N) is 3. The van der Waals surface area contributed by atoms with Crippen molar-refractivity contribution in [3.8, 4) is 6.07 Å². The number of aliphatic hydroxyl groups is 1. The van der Waals surface area contributed by atoms with Gasteiger partial charge >= 0.3 is 6.09 Å². The Balaban J connectivity index is 1.81. The molecule has 0 radical (unpaired) electrons. The zero-order valence-corrected chi connectivity index (χ0v) is 14.0. The Morgan fingerprint density at radius 3 is 3.21 bits per heavy atom. The van der Waals surface area contributed by atoms with Gasteiger partial charge in [0.25, 0.3) is 0 Å². The Bertz CT molecular complexity index is 785. The van der Waals surface area contributed by atoms with Crippen molar-refractivity contribution in [3.05, 3.63) is 23.2 Å². The summed E-state index contributed by atoms with van der Waals surface area (Å²) in [6, 6.07) is 7.51. The first-order chi connectivity index (χ1) is 11.6. The van der Waals surface area contributed by atoms with E-state index in [0.717, 1.165) is 15.9 Å². The van der Waals surface area contributed by atoms with Crippen molar-refractivity contribution >= 4 is 33.3 Å². The quantitative estimate of drug-likeness (QED) is 0.863. The van der Waals surface area contributed by atoms with Crippen LogP contribution in [0.25, 0.3) is 10.2 Å². The molecule has 24 heavy (non-hydrogen) atoms. The molecule has 0 bridgehead atoms. The number of rotatable bonds is 6. The maximum Gasteiger partial charge on any atom is 0.414 e. The molecule has 2 heterocycles. The first-order valence-electron chi connectivity index (χ1n) is 7.55. The number of benzene rings is 1. The predicted molar refractivity (Wildman–Crippen MR) is 88.9 cm³/mol. The highest BCUT2D eigenvalue weighted by atomic mass is 32.1. The summed E-state index contributed by atoms with van der Waals surface area (Å²) in [5.74, 6) is 0. The van der Waals surface area contributed by atoms with Crippen molar-refractivity contribution in [1.29, 1.82) is 5.26 Å². The number of hydrogen-bond donors (Lipinski definition) is 1. The minimum Gasteiger partial charge on any atom is -0.441 e. The van der Waals surface area contributed by atoms with Gasteiger partial charge in [0.15, 0.2) is 0 Å². The van der Waals surface area contributed by atoms with Crippen LogP contribution in [0.5, 0.6) is 0 Å². The number of carbonyl (C=O) groups excluding carboxylic acids is 1. The number of hydrogen-bond acceptors (Lipinski definition) is 7. The van der Waals surface area contributed by atoms with Crippen LogP contribution in [0.1, 0.15) is 24.0 Å². The topological polar surface area (TPSA) is 95.7 Å². The number of aromatic nitrogens is 1. The molecule has 0 spiro atoms. The molecule has 3 rings (SSSR count). The predicted octanol–water partition coefficient (Wildman–Crippen LogP) is 2.61. The number of cyclic esters (lactones) is 1. The molecular formula is C16H17N3O4S. The molecule has 7 nitrogen and oxygen atoms in total. The van der Waals surface area contributed by atoms with Crippen molar-refractivity contribution in [2.75, 3.05) is 25.2 Å². The minimum atomic E-state index is -0.742. The Morgan fingerprint density at radius 1 is 1.62 bits per heavy atom. The normalized spacial score (nSPS) is 18.6. The van der Waals surface area contributed by atoms with Crippen molar-refractivity contribution in [3.63, 3.8) is 0 Å². The summed E-state index contributed by atoms with van der Waals surface area (Å²) in [6.45, 7) is 0.801. The van der Waals surface area contributed by atoms with Crippen LogP contribution < -0.4 is 4.90 Å². The first-order valence-corrected chi connectivity index (χ1v) is 8.36. The lowest BCUT2D eigenvalue weighted by atomic mass is 10.2. The Labute approximate surface area is 143 Å². The molecule has 2 aromatic rings. The number of amides is 1. The fourth-order valence-corrected chi connectivity index (χ4v) is 3.59. The van der Waals surface area contributed by atoms with E-state index in [1.165, 1.54) is 11.3 Å². The third-order valence-corrected chi connectivity index (χ3v) is 4.86. The van der Waals surface area contributed by atoms with E-state index in [0.29, 0.717) is 24.6 Å². The highest BCUT2D eigenvalue weighted by Gasteiger charge is 2.32. The van der Waals surface area contributed by atoms with E-state index in [-0.39, 0.29) is 12.5 Å². The maximum atomic E-state index is 12.0. The second-order valence-corrected chi connectivity index (χ2v) is 6.55. The lowest BCUT2D eigenvalue weighted by Gasteiger charge is -2.12. The van der Waals surface area contributed by atoms with Crippen LogP contribution in [0.15, 0.2) is 18.2 Å². The van der Waals surface area contributed by atoms with Gasteiger partial charge in [-0.1, -0.05) is 0 Å². The number of carbonyl (C=O) groups is 1. The van der Waals surface area contributed by atoms with Crippen LogP contribution in [-0.4, -0.2) is 42.5 Å². The van der Waals surface area contributed by atoms with Crippen molar-refractivity contribution in [2.45, 2.75) is 25.0 Å². The summed E-state index contributed by atoms with van der Waals surface area (Å²) in [5, 5.41) is 19.3. The molecule has 1 fully saturated rings. The maximum absolute atomic E-state index is 12.0. The average Bonchev–Trinajstić information content (AvgIpc) is 3.15. The second kappa shape index (κ2) is 7.13. The van der Waals surface area contributed by atoms with Crippen molar-refractivity contribution in [2.24, 2.45) is 0 Å². The smallest absolute Gasteiger partial charge is 0.414 e. The lowest BCUT2D eigenvalue weighted by Crippen LogP contribution is -2.25. The fourth-order valence-electron chi connectivity index (χ4n) is 2.57. The third-order valence-electron chi connectivity index (χ3n) is 3.74. The van der Waals surface area contributed by atoms with Gasteiger partial charge in [0, 0.05) is 19.2 Å². The lowest BCUT2D eigenvalue weighted by molar-refractivity contribution is 0.0718. The molecule has 1 amide bonds. The summed E-state index contributed by atoms with van der Waals surface area (Å²) < 4.78 is 11.2. The zero-order valence-electron chi connectivity index (χ0n) is 13.1. The molecule has 2 atom stereocenters. The molecule has 1 aromatic carbocycles. The summed E-state index contributed by atoms with van der Waals surface area (Å²) in [6.07, 6.45) is -0.769. The van der Waals surface area contributed by atoms with Crippen molar-refractivity contribution in [1.82, 2.24) is 4.98 Å². The van der Waals surface area contributed by atoms with E-state index in [4.69, 9.17) is 14.7 Å². The SMILES string of the molecule is COCC1CN(c2ccc3nc([C@@H](O)CCC#N)sc3c2)C(=O)O1. The van der Waals surface area contributed by atoms with Gasteiger partial charge in [-0.3, -0.25) is 4.90 Å². The Morgan fingerprint density at radius 2 is 2.46 bits per heavy atom. The van der Waals surface area contributed by atoms with Crippen LogP contribution >= 0.6 is 11.3 Å². The molecule has 1 N–H and O–H groups in total. The van der Waals surface area contributed by atoms with Gasteiger partial charge in [0.05, 0.1) is 29.4 Å². The minimum absolute atomic E-state index is 0.275. The second-order valence-electron chi connectivity index (χ2n) is 5.49. The molecule has 1 aliphatic heterocycles. The number of ether oxygens (including phenoxy) is 2. The van der Waals surface area contributed by atoms with E-state index in [9.17, 15) is 9.90 Å². The summed E-state index contributed by atoms with van der Waals surface area (Å²) in [5.41, 5.74) is 1.49. The number of thiazole rings is 1. The molecular weight excluding hydrogens is 330 g/mol. The summed E-state index contributed by atoms with van der Waals surface area (Å²) in [4.78, 5) is 18.0. The summed E-state index contributed by atoms with van der Waals surface area (Å²) >= 11 is 1.37. The number of fused-ring (bicyclic) bond motifs is 1. The van der Waals surface area contributed by atoms with Gasteiger partial charge in [-0.2, -0.15) is 5.26 Å². The number of aliphatic hydroxyl groups excluding tert-OH is 1. The van der Waals surface area contributed by atoms with Crippen LogP contribution in [0.4, 0.5) is 10.5 Å². The highest BCUT2D eigenvalue weighted by molar-refractivity contribution is 7.18. The van der Waals surface area contributed by atoms with Gasteiger partial charge in [-0.15, -0.1) is 11.3 Å². The van der Waals surface area contributed by atoms with E-state index in [1.54, 1.807) is 12.0 Å². The standard InChI is InChI=1S/C16H17N3O4S/c1-22-9-11-8-19(16(21)23-11)10-4-5-12-14(7-10)24-15(18-12)13(20)3-2-6-17/h4-5,7,11,13,20H,2-3,8-9H2,1H3/t11?,13-/m0/s1. The molecule has 1 unspecified atom stereocenters. The molecule has 1 saturated heterocycles. The molecule has 0 saturated carbocycles. The molecule has 1 aliphatic rings. The monoisotopic (exact) mass is 347 g/mol. The van der Waals surface area contributed by atoms with Gasteiger partial charge in [-0.25, -0.2) is 9.78 Å². The van der Waals surface area contributed by atoms with E-state index in [2.05, 4.69) is 4.98 Å². The fraction of sp³-hybridized carbons (Fsp3) is 0.438. The van der Waals surface area contributed by atoms with Crippen LogP contribution in [-0.2, 0) is 9.47 Å².